The van der Waals surface area contributed by atoms with Gasteiger partial charge in [0.25, 0.3) is 0 Å². The van der Waals surface area contributed by atoms with Crippen molar-refractivity contribution in [3.05, 3.63) is 0 Å². The molecule has 0 radical (unpaired) electrons. The highest BCUT2D eigenvalue weighted by molar-refractivity contribution is 5.03. The van der Waals surface area contributed by atoms with Gasteiger partial charge in [-0.1, -0.05) is 12.8 Å². The van der Waals surface area contributed by atoms with Gasteiger partial charge >= 0.3 is 0 Å². The fourth-order valence-electron chi connectivity index (χ4n) is 3.97. The van der Waals surface area contributed by atoms with Crippen LogP contribution in [-0.2, 0) is 4.74 Å². The van der Waals surface area contributed by atoms with E-state index in [0.717, 1.165) is 19.7 Å². The van der Waals surface area contributed by atoms with Crippen LogP contribution in [0.1, 0.15) is 39.0 Å². The molecule has 0 amide bonds. The minimum absolute atomic E-state index is 0.242. The maximum Gasteiger partial charge on any atom is 0.0837 e. The Balaban J connectivity index is 1.76. The van der Waals surface area contributed by atoms with E-state index in [1.807, 2.05) is 0 Å². The summed E-state index contributed by atoms with van der Waals surface area (Å²) in [6.45, 7) is 6.84. The monoisotopic (exact) mass is 224 g/mol. The zero-order chi connectivity index (χ0) is 11.0. The molecular formula is C13H24N2O. The molecule has 92 valence electrons. The van der Waals surface area contributed by atoms with Crippen molar-refractivity contribution in [1.82, 2.24) is 10.2 Å². The molecule has 1 spiro atoms. The second-order valence-electron chi connectivity index (χ2n) is 5.72. The number of nitrogens with one attached hydrogen (secondary N) is 1. The summed E-state index contributed by atoms with van der Waals surface area (Å²) in [6, 6.07) is 1.38. The molecule has 1 aliphatic carbocycles. The molecule has 2 aliphatic heterocycles. The van der Waals surface area contributed by atoms with Crippen molar-refractivity contribution >= 4 is 0 Å². The van der Waals surface area contributed by atoms with Crippen LogP contribution >= 0.6 is 0 Å². The van der Waals surface area contributed by atoms with Gasteiger partial charge in [-0.25, -0.2) is 0 Å². The summed E-state index contributed by atoms with van der Waals surface area (Å²) < 4.78 is 6.15. The molecule has 3 aliphatic rings. The van der Waals surface area contributed by atoms with Crippen LogP contribution < -0.4 is 5.32 Å². The Hall–Kier alpha value is -0.120. The normalized spacial score (nSPS) is 39.6. The molecule has 3 rings (SSSR count). The minimum Gasteiger partial charge on any atom is -0.373 e. The molecule has 16 heavy (non-hydrogen) atoms. The van der Waals surface area contributed by atoms with Crippen LogP contribution in [0, 0.1) is 0 Å². The number of rotatable bonds is 1. The number of piperazine rings is 1. The molecule has 0 aromatic heterocycles. The molecule has 1 saturated carbocycles. The molecule has 3 heteroatoms. The van der Waals surface area contributed by atoms with E-state index in [1.165, 1.54) is 38.6 Å². The van der Waals surface area contributed by atoms with Gasteiger partial charge < -0.3 is 10.1 Å². The maximum atomic E-state index is 6.15. The molecule has 1 N–H and O–H groups in total. The Morgan fingerprint density at radius 2 is 2.12 bits per heavy atom. The van der Waals surface area contributed by atoms with E-state index in [1.54, 1.807) is 0 Å². The first-order valence-electron chi connectivity index (χ1n) is 6.92. The summed E-state index contributed by atoms with van der Waals surface area (Å²) in [5, 5.41) is 3.48. The lowest BCUT2D eigenvalue weighted by Crippen LogP contribution is -2.59. The Kier molecular flexibility index (Phi) is 2.94. The Morgan fingerprint density at radius 3 is 2.88 bits per heavy atom. The summed E-state index contributed by atoms with van der Waals surface area (Å²) in [5.74, 6) is 0. The minimum atomic E-state index is 0.242. The lowest BCUT2D eigenvalue weighted by atomic mass is 9.89. The highest BCUT2D eigenvalue weighted by Gasteiger charge is 2.49. The van der Waals surface area contributed by atoms with E-state index >= 15 is 0 Å². The number of hydrogen-bond acceptors (Lipinski definition) is 3. The van der Waals surface area contributed by atoms with E-state index < -0.39 is 0 Å². The molecular weight excluding hydrogens is 200 g/mol. The first kappa shape index (κ1) is 11.0. The van der Waals surface area contributed by atoms with E-state index in [9.17, 15) is 0 Å². The topological polar surface area (TPSA) is 24.5 Å². The van der Waals surface area contributed by atoms with Gasteiger partial charge in [0.1, 0.15) is 0 Å². The van der Waals surface area contributed by atoms with Gasteiger partial charge in [0, 0.05) is 38.3 Å². The van der Waals surface area contributed by atoms with Crippen molar-refractivity contribution in [2.75, 3.05) is 26.2 Å². The zero-order valence-corrected chi connectivity index (χ0v) is 10.4. The van der Waals surface area contributed by atoms with Crippen molar-refractivity contribution < 1.29 is 4.74 Å². The van der Waals surface area contributed by atoms with Crippen LogP contribution in [0.25, 0.3) is 0 Å². The second-order valence-corrected chi connectivity index (χ2v) is 5.72. The fourth-order valence-corrected chi connectivity index (χ4v) is 3.97. The number of hydrogen-bond donors (Lipinski definition) is 1. The molecule has 2 atom stereocenters. The molecule has 3 fully saturated rings. The van der Waals surface area contributed by atoms with Gasteiger partial charge in [0.05, 0.1) is 5.60 Å². The van der Waals surface area contributed by atoms with E-state index in [-0.39, 0.29) is 5.60 Å². The third-order valence-electron chi connectivity index (χ3n) is 4.79. The van der Waals surface area contributed by atoms with Crippen LogP contribution in [-0.4, -0.2) is 48.8 Å². The summed E-state index contributed by atoms with van der Waals surface area (Å²) >= 11 is 0. The van der Waals surface area contributed by atoms with Crippen LogP contribution in [0.3, 0.4) is 0 Å². The molecule has 0 aromatic carbocycles. The summed E-state index contributed by atoms with van der Waals surface area (Å²) in [7, 11) is 0. The van der Waals surface area contributed by atoms with E-state index in [4.69, 9.17) is 4.74 Å². The number of ether oxygens (including phenoxy) is 1. The Morgan fingerprint density at radius 1 is 1.31 bits per heavy atom. The van der Waals surface area contributed by atoms with Gasteiger partial charge in [-0.3, -0.25) is 4.90 Å². The SMILES string of the molecule is CC1CNCCN1C1CCOC12CCCC2. The van der Waals surface area contributed by atoms with Gasteiger partial charge in [0.2, 0.25) is 0 Å². The lowest BCUT2D eigenvalue weighted by Gasteiger charge is -2.44. The van der Waals surface area contributed by atoms with Gasteiger partial charge in [-0.2, -0.15) is 0 Å². The first-order valence-corrected chi connectivity index (χ1v) is 6.92. The predicted octanol–water partition coefficient (Wildman–Crippen LogP) is 1.38. The zero-order valence-electron chi connectivity index (χ0n) is 10.4. The van der Waals surface area contributed by atoms with Crippen LogP contribution in [0.15, 0.2) is 0 Å². The third kappa shape index (κ3) is 1.69. The molecule has 2 heterocycles. The van der Waals surface area contributed by atoms with Crippen LogP contribution in [0.2, 0.25) is 0 Å². The molecule has 2 saturated heterocycles. The molecule has 3 nitrogen and oxygen atoms in total. The largest absolute Gasteiger partial charge is 0.373 e. The van der Waals surface area contributed by atoms with Crippen LogP contribution in [0.5, 0.6) is 0 Å². The second kappa shape index (κ2) is 4.28. The maximum absolute atomic E-state index is 6.15. The van der Waals surface area contributed by atoms with E-state index in [2.05, 4.69) is 17.1 Å². The van der Waals surface area contributed by atoms with Crippen molar-refractivity contribution in [3.8, 4) is 0 Å². The lowest BCUT2D eigenvalue weighted by molar-refractivity contribution is -0.0465. The predicted molar refractivity (Wildman–Crippen MR) is 64.6 cm³/mol. The standard InChI is InChI=1S/C13H24N2O/c1-11-10-14-7-8-15(11)12-4-9-16-13(12)5-2-3-6-13/h11-12,14H,2-10H2,1H3. The highest BCUT2D eigenvalue weighted by Crippen LogP contribution is 2.43. The molecule has 0 bridgehead atoms. The van der Waals surface area contributed by atoms with Gasteiger partial charge in [-0.05, 0) is 26.2 Å². The third-order valence-corrected chi connectivity index (χ3v) is 4.79. The highest BCUT2D eigenvalue weighted by atomic mass is 16.5. The van der Waals surface area contributed by atoms with Crippen molar-refractivity contribution in [1.29, 1.82) is 0 Å². The summed E-state index contributed by atoms with van der Waals surface area (Å²) in [6.07, 6.45) is 6.60. The Labute approximate surface area is 98.5 Å². The van der Waals surface area contributed by atoms with Crippen molar-refractivity contribution in [2.24, 2.45) is 0 Å². The fraction of sp³-hybridized carbons (Fsp3) is 1.00. The smallest absolute Gasteiger partial charge is 0.0837 e. The summed E-state index contributed by atoms with van der Waals surface area (Å²) in [4.78, 5) is 2.72. The van der Waals surface area contributed by atoms with Crippen molar-refractivity contribution in [3.63, 3.8) is 0 Å². The summed E-state index contributed by atoms with van der Waals surface area (Å²) in [5.41, 5.74) is 0.242. The van der Waals surface area contributed by atoms with Gasteiger partial charge in [-0.15, -0.1) is 0 Å². The van der Waals surface area contributed by atoms with E-state index in [0.29, 0.717) is 12.1 Å². The van der Waals surface area contributed by atoms with Crippen molar-refractivity contribution in [2.45, 2.75) is 56.7 Å². The number of nitrogens with zero attached hydrogens (tertiary/aromatic N) is 1. The van der Waals surface area contributed by atoms with Gasteiger partial charge in [0.15, 0.2) is 0 Å². The average molecular weight is 224 g/mol. The Bertz CT molecular complexity index is 245. The first-order chi connectivity index (χ1) is 7.82. The average Bonchev–Trinajstić information content (AvgIpc) is 2.91. The molecule has 2 unspecified atom stereocenters. The van der Waals surface area contributed by atoms with Crippen LogP contribution in [0.4, 0.5) is 0 Å². The molecule has 0 aromatic rings. The quantitative estimate of drug-likeness (QED) is 0.728.